The van der Waals surface area contributed by atoms with Gasteiger partial charge in [-0.25, -0.2) is 0 Å². The number of carbonyl (C=O) groups excluding carboxylic acids is 1. The summed E-state index contributed by atoms with van der Waals surface area (Å²) >= 11 is 0. The predicted octanol–water partition coefficient (Wildman–Crippen LogP) is 1.83. The van der Waals surface area contributed by atoms with E-state index in [2.05, 4.69) is 0 Å². The van der Waals surface area contributed by atoms with Crippen LogP contribution in [0, 0.1) is 0 Å². The Kier molecular flexibility index (Phi) is 2.39. The van der Waals surface area contributed by atoms with E-state index in [1.165, 1.54) is 0 Å². The number of fused-ring (bicyclic) bond motifs is 1. The molecule has 1 aromatic rings. The van der Waals surface area contributed by atoms with Crippen LogP contribution < -0.4 is 9.47 Å². The second-order valence-corrected chi connectivity index (χ2v) is 3.17. The van der Waals surface area contributed by atoms with Gasteiger partial charge in [0.15, 0.2) is 11.5 Å². The first-order valence-electron chi connectivity index (χ1n) is 4.73. The quantitative estimate of drug-likeness (QED) is 0.670. The molecule has 0 saturated carbocycles. The maximum atomic E-state index is 10.8. The van der Waals surface area contributed by atoms with Gasteiger partial charge in [0.2, 0.25) is 0 Å². The molecule has 0 radical (unpaired) electrons. The summed E-state index contributed by atoms with van der Waals surface area (Å²) in [4.78, 5) is 10.8. The van der Waals surface area contributed by atoms with Crippen LogP contribution in [0.3, 0.4) is 0 Å². The highest BCUT2D eigenvalue weighted by atomic mass is 16.6. The lowest BCUT2D eigenvalue weighted by molar-refractivity contribution is 0.112. The molecule has 0 fully saturated rings. The summed E-state index contributed by atoms with van der Waals surface area (Å²) in [5.74, 6) is 1.43. The molecule has 1 heterocycles. The van der Waals surface area contributed by atoms with Crippen LogP contribution in [-0.4, -0.2) is 19.5 Å². The molecular formula is C11H12O3. The Bertz CT molecular complexity index is 358. The van der Waals surface area contributed by atoms with Crippen molar-refractivity contribution in [3.63, 3.8) is 0 Å². The van der Waals surface area contributed by atoms with Gasteiger partial charge in [-0.3, -0.25) is 4.79 Å². The van der Waals surface area contributed by atoms with Crippen molar-refractivity contribution in [1.29, 1.82) is 0 Å². The molecule has 0 aromatic heterocycles. The average molecular weight is 192 g/mol. The maximum Gasteiger partial charge on any atom is 0.162 e. The van der Waals surface area contributed by atoms with Crippen LogP contribution in [0.15, 0.2) is 12.1 Å². The van der Waals surface area contributed by atoms with Gasteiger partial charge in [0, 0.05) is 5.56 Å². The molecule has 0 aliphatic carbocycles. The molecule has 74 valence electrons. The first kappa shape index (κ1) is 9.06. The van der Waals surface area contributed by atoms with Crippen molar-refractivity contribution >= 4 is 6.29 Å². The van der Waals surface area contributed by atoms with Crippen LogP contribution in [0.25, 0.3) is 0 Å². The minimum atomic E-state index is 0.552. The van der Waals surface area contributed by atoms with Crippen LogP contribution in [0.2, 0.25) is 0 Å². The SMILES string of the molecule is CCc1cc2c(cc1C=O)OCCO2. The van der Waals surface area contributed by atoms with Crippen molar-refractivity contribution in [2.24, 2.45) is 0 Å². The molecule has 0 unspecified atom stereocenters. The summed E-state index contributed by atoms with van der Waals surface area (Å²) < 4.78 is 10.8. The van der Waals surface area contributed by atoms with Gasteiger partial charge in [0.1, 0.15) is 19.5 Å². The zero-order valence-corrected chi connectivity index (χ0v) is 8.08. The van der Waals surface area contributed by atoms with Gasteiger partial charge in [0.25, 0.3) is 0 Å². The van der Waals surface area contributed by atoms with Gasteiger partial charge in [-0.1, -0.05) is 6.92 Å². The highest BCUT2D eigenvalue weighted by Gasteiger charge is 2.14. The van der Waals surface area contributed by atoms with Crippen molar-refractivity contribution in [2.75, 3.05) is 13.2 Å². The third-order valence-electron chi connectivity index (χ3n) is 2.31. The summed E-state index contributed by atoms with van der Waals surface area (Å²) in [5, 5.41) is 0. The number of hydrogen-bond acceptors (Lipinski definition) is 3. The standard InChI is InChI=1S/C11H12O3/c1-2-8-5-10-11(6-9(8)7-12)14-4-3-13-10/h5-7H,2-4H2,1H3. The normalized spacial score (nSPS) is 13.8. The van der Waals surface area contributed by atoms with Crippen LogP contribution in [0.1, 0.15) is 22.8 Å². The van der Waals surface area contributed by atoms with E-state index in [0.29, 0.717) is 24.5 Å². The van der Waals surface area contributed by atoms with Crippen molar-refractivity contribution in [3.8, 4) is 11.5 Å². The Hall–Kier alpha value is -1.51. The minimum Gasteiger partial charge on any atom is -0.486 e. The number of aryl methyl sites for hydroxylation is 1. The smallest absolute Gasteiger partial charge is 0.162 e. The molecule has 0 spiro atoms. The summed E-state index contributed by atoms with van der Waals surface area (Å²) in [5.41, 5.74) is 1.70. The predicted molar refractivity (Wildman–Crippen MR) is 52.2 cm³/mol. The molecule has 3 heteroatoms. The summed E-state index contributed by atoms with van der Waals surface area (Å²) in [6.07, 6.45) is 1.68. The molecule has 1 aromatic carbocycles. The lowest BCUT2D eigenvalue weighted by Crippen LogP contribution is -2.16. The van der Waals surface area contributed by atoms with Gasteiger partial charge in [-0.05, 0) is 24.1 Å². The highest BCUT2D eigenvalue weighted by molar-refractivity contribution is 5.79. The lowest BCUT2D eigenvalue weighted by atomic mass is 10.1. The van der Waals surface area contributed by atoms with E-state index in [1.54, 1.807) is 6.07 Å². The van der Waals surface area contributed by atoms with Crippen molar-refractivity contribution in [2.45, 2.75) is 13.3 Å². The zero-order valence-electron chi connectivity index (χ0n) is 8.08. The Balaban J connectivity index is 2.48. The number of ether oxygens (including phenoxy) is 2. The number of benzene rings is 1. The van der Waals surface area contributed by atoms with Crippen LogP contribution in [0.5, 0.6) is 11.5 Å². The molecular weight excluding hydrogens is 180 g/mol. The van der Waals surface area contributed by atoms with Gasteiger partial charge in [-0.15, -0.1) is 0 Å². The van der Waals surface area contributed by atoms with Crippen molar-refractivity contribution < 1.29 is 14.3 Å². The van der Waals surface area contributed by atoms with Crippen molar-refractivity contribution in [1.82, 2.24) is 0 Å². The topological polar surface area (TPSA) is 35.5 Å². The highest BCUT2D eigenvalue weighted by Crippen LogP contribution is 2.32. The number of rotatable bonds is 2. The van der Waals surface area contributed by atoms with E-state index in [1.807, 2.05) is 13.0 Å². The largest absolute Gasteiger partial charge is 0.486 e. The van der Waals surface area contributed by atoms with Crippen LogP contribution in [0.4, 0.5) is 0 Å². The summed E-state index contributed by atoms with van der Waals surface area (Å²) in [6.45, 7) is 3.14. The third kappa shape index (κ3) is 1.45. The fourth-order valence-corrected chi connectivity index (χ4v) is 1.56. The molecule has 0 bridgehead atoms. The molecule has 2 rings (SSSR count). The first-order valence-corrected chi connectivity index (χ1v) is 4.73. The second-order valence-electron chi connectivity index (χ2n) is 3.17. The van der Waals surface area contributed by atoms with Crippen LogP contribution >= 0.6 is 0 Å². The number of hydrogen-bond donors (Lipinski definition) is 0. The summed E-state index contributed by atoms with van der Waals surface area (Å²) in [7, 11) is 0. The van der Waals surface area contributed by atoms with Crippen molar-refractivity contribution in [3.05, 3.63) is 23.3 Å². The van der Waals surface area contributed by atoms with Gasteiger partial charge in [-0.2, -0.15) is 0 Å². The van der Waals surface area contributed by atoms with E-state index >= 15 is 0 Å². The minimum absolute atomic E-state index is 0.552. The molecule has 0 N–H and O–H groups in total. The molecule has 0 saturated heterocycles. The number of aldehydes is 1. The first-order chi connectivity index (χ1) is 6.85. The maximum absolute atomic E-state index is 10.8. The third-order valence-corrected chi connectivity index (χ3v) is 2.31. The fourth-order valence-electron chi connectivity index (χ4n) is 1.56. The van der Waals surface area contributed by atoms with E-state index in [4.69, 9.17) is 9.47 Å². The van der Waals surface area contributed by atoms with E-state index in [9.17, 15) is 4.79 Å². The molecule has 3 nitrogen and oxygen atoms in total. The second kappa shape index (κ2) is 3.70. The van der Waals surface area contributed by atoms with Crippen LogP contribution in [-0.2, 0) is 6.42 Å². The molecule has 1 aliphatic rings. The Labute approximate surface area is 82.6 Å². The Morgan fingerprint density at radius 2 is 1.93 bits per heavy atom. The van der Waals surface area contributed by atoms with Gasteiger partial charge in [0.05, 0.1) is 0 Å². The molecule has 0 atom stereocenters. The zero-order chi connectivity index (χ0) is 9.97. The number of carbonyl (C=O) groups is 1. The molecule has 14 heavy (non-hydrogen) atoms. The van der Waals surface area contributed by atoms with Gasteiger partial charge < -0.3 is 9.47 Å². The van der Waals surface area contributed by atoms with E-state index in [0.717, 1.165) is 24.0 Å². The summed E-state index contributed by atoms with van der Waals surface area (Å²) in [6, 6.07) is 3.64. The van der Waals surface area contributed by atoms with E-state index in [-0.39, 0.29) is 0 Å². The Morgan fingerprint density at radius 1 is 1.29 bits per heavy atom. The average Bonchev–Trinajstić information content (AvgIpc) is 2.27. The van der Waals surface area contributed by atoms with Gasteiger partial charge >= 0.3 is 0 Å². The van der Waals surface area contributed by atoms with E-state index < -0.39 is 0 Å². The lowest BCUT2D eigenvalue weighted by Gasteiger charge is -2.19. The Morgan fingerprint density at radius 3 is 2.50 bits per heavy atom. The molecule has 1 aliphatic heterocycles. The molecule has 0 amide bonds. The fraction of sp³-hybridized carbons (Fsp3) is 0.364. The monoisotopic (exact) mass is 192 g/mol.